The second-order valence-corrected chi connectivity index (χ2v) is 4.05. The number of fused-ring (bicyclic) bond motifs is 1. The molecule has 0 saturated carbocycles. The Bertz CT molecular complexity index is 696. The van der Waals surface area contributed by atoms with E-state index in [2.05, 4.69) is 10.2 Å². The Hall–Kier alpha value is -2.07. The summed E-state index contributed by atoms with van der Waals surface area (Å²) in [6.45, 7) is 12.0. The molecule has 5 heteroatoms. The number of rotatable bonds is 1. The largest absolute Gasteiger partial charge is 0.506 e. The van der Waals surface area contributed by atoms with E-state index in [0.717, 1.165) is 5.52 Å². The maximum atomic E-state index is 9.72. The Kier molecular flexibility index (Phi) is 10.5. The molecule has 0 unspecified atom stereocenters. The van der Waals surface area contributed by atoms with E-state index in [1.165, 1.54) is 4.80 Å². The molecule has 0 aliphatic carbocycles. The Labute approximate surface area is 143 Å². The third-order valence-corrected chi connectivity index (χ3v) is 2.67. The van der Waals surface area contributed by atoms with E-state index in [9.17, 15) is 5.11 Å². The van der Waals surface area contributed by atoms with Gasteiger partial charge in [0.2, 0.25) is 0 Å². The minimum Gasteiger partial charge on any atom is -0.506 e. The summed E-state index contributed by atoms with van der Waals surface area (Å²) >= 11 is 5.88. The van der Waals surface area contributed by atoms with Crippen LogP contribution in [0.3, 0.4) is 0 Å². The molecule has 23 heavy (non-hydrogen) atoms. The van der Waals surface area contributed by atoms with Crippen LogP contribution in [0.25, 0.3) is 16.7 Å². The molecular weight excluding hydrogens is 310 g/mol. The van der Waals surface area contributed by atoms with Crippen LogP contribution < -0.4 is 0 Å². The molecule has 3 aromatic rings. The first-order chi connectivity index (χ1) is 11.2. The molecule has 4 nitrogen and oxygen atoms in total. The molecule has 0 radical (unpaired) electrons. The highest BCUT2D eigenvalue weighted by Crippen LogP contribution is 2.22. The lowest BCUT2D eigenvalue weighted by Crippen LogP contribution is -1.98. The van der Waals surface area contributed by atoms with Crippen LogP contribution in [0.1, 0.15) is 41.5 Å². The average Bonchev–Trinajstić information content (AvgIpc) is 3.03. The number of aromatic hydroxyl groups is 1. The van der Waals surface area contributed by atoms with Crippen LogP contribution in [0.5, 0.6) is 5.75 Å². The smallest absolute Gasteiger partial charge is 0.143 e. The number of nitrogens with zero attached hydrogens (tertiary/aromatic N) is 3. The number of aromatic nitrogens is 3. The molecule has 2 aromatic carbocycles. The minimum atomic E-state index is 0.138. The summed E-state index contributed by atoms with van der Waals surface area (Å²) in [6.07, 6.45) is 0. The number of hydrogen-bond acceptors (Lipinski definition) is 3. The molecular formula is C18H26ClN3O. The first-order valence-corrected chi connectivity index (χ1v) is 8.43. The van der Waals surface area contributed by atoms with Gasteiger partial charge in [-0.3, -0.25) is 0 Å². The fourth-order valence-corrected chi connectivity index (χ4v) is 1.80. The molecule has 0 aliphatic heterocycles. The zero-order valence-corrected chi connectivity index (χ0v) is 15.5. The van der Waals surface area contributed by atoms with Crippen LogP contribution in [0, 0.1) is 0 Å². The number of halogens is 1. The molecule has 1 N–H and O–H groups in total. The standard InChI is InChI=1S/C12H8ClN3O.3C2H6/c13-8-5-6-9-10(7-8)15-16(14-9)11-3-1-2-4-12(11)17;3*1-2/h1-7,17H;3*1-2H3. The van der Waals surface area contributed by atoms with Crippen molar-refractivity contribution < 1.29 is 5.11 Å². The van der Waals surface area contributed by atoms with E-state index in [-0.39, 0.29) is 5.75 Å². The molecule has 0 bridgehead atoms. The van der Waals surface area contributed by atoms with Gasteiger partial charge >= 0.3 is 0 Å². The third-order valence-electron chi connectivity index (χ3n) is 2.44. The highest BCUT2D eigenvalue weighted by molar-refractivity contribution is 6.31. The molecule has 0 spiro atoms. The van der Waals surface area contributed by atoms with Gasteiger partial charge in [0.05, 0.1) is 0 Å². The van der Waals surface area contributed by atoms with Gasteiger partial charge in [-0.1, -0.05) is 65.3 Å². The lowest BCUT2D eigenvalue weighted by Gasteiger charge is -2.00. The molecule has 0 amide bonds. The highest BCUT2D eigenvalue weighted by Gasteiger charge is 2.07. The highest BCUT2D eigenvalue weighted by atomic mass is 35.5. The molecule has 126 valence electrons. The van der Waals surface area contributed by atoms with Crippen molar-refractivity contribution in [1.29, 1.82) is 0 Å². The Morgan fingerprint density at radius 2 is 1.39 bits per heavy atom. The van der Waals surface area contributed by atoms with Crippen molar-refractivity contribution in [1.82, 2.24) is 15.0 Å². The summed E-state index contributed by atoms with van der Waals surface area (Å²) in [5.41, 5.74) is 1.97. The Balaban J connectivity index is 0.000000728. The first-order valence-electron chi connectivity index (χ1n) is 8.05. The maximum Gasteiger partial charge on any atom is 0.143 e. The van der Waals surface area contributed by atoms with E-state index in [1.807, 2.05) is 47.6 Å². The van der Waals surface area contributed by atoms with Gasteiger partial charge in [-0.25, -0.2) is 0 Å². The van der Waals surface area contributed by atoms with Gasteiger partial charge in [0, 0.05) is 5.02 Å². The lowest BCUT2D eigenvalue weighted by molar-refractivity contribution is 0.468. The number of phenolic OH excluding ortho intramolecular Hbond substituents is 1. The molecule has 0 aliphatic rings. The van der Waals surface area contributed by atoms with Crippen LogP contribution in [0.15, 0.2) is 42.5 Å². The average molecular weight is 336 g/mol. The molecule has 1 aromatic heterocycles. The van der Waals surface area contributed by atoms with Crippen LogP contribution in [-0.4, -0.2) is 20.1 Å². The van der Waals surface area contributed by atoms with Gasteiger partial charge in [0.1, 0.15) is 22.5 Å². The number of hydrogen-bond donors (Lipinski definition) is 1. The summed E-state index contributed by atoms with van der Waals surface area (Å²) in [4.78, 5) is 1.40. The van der Waals surface area contributed by atoms with Crippen molar-refractivity contribution in [3.8, 4) is 11.4 Å². The van der Waals surface area contributed by atoms with E-state index in [1.54, 1.807) is 36.4 Å². The number of benzene rings is 2. The van der Waals surface area contributed by atoms with E-state index in [4.69, 9.17) is 11.6 Å². The van der Waals surface area contributed by atoms with Crippen molar-refractivity contribution >= 4 is 22.6 Å². The fourth-order valence-electron chi connectivity index (χ4n) is 1.63. The molecule has 0 fully saturated rings. The van der Waals surface area contributed by atoms with Crippen LogP contribution >= 0.6 is 11.6 Å². The van der Waals surface area contributed by atoms with Crippen molar-refractivity contribution in [2.24, 2.45) is 0 Å². The summed E-state index contributed by atoms with van der Waals surface area (Å²) in [6, 6.07) is 12.2. The van der Waals surface area contributed by atoms with Crippen molar-refractivity contribution in [2.75, 3.05) is 0 Å². The van der Waals surface area contributed by atoms with Crippen molar-refractivity contribution in [2.45, 2.75) is 41.5 Å². The minimum absolute atomic E-state index is 0.138. The maximum absolute atomic E-state index is 9.72. The van der Waals surface area contributed by atoms with E-state index < -0.39 is 0 Å². The summed E-state index contributed by atoms with van der Waals surface area (Å²) < 4.78 is 0. The van der Waals surface area contributed by atoms with Crippen LogP contribution in [0.4, 0.5) is 0 Å². The summed E-state index contributed by atoms with van der Waals surface area (Å²) in [5.74, 6) is 0.138. The molecule has 0 saturated heterocycles. The Morgan fingerprint density at radius 1 is 0.826 bits per heavy atom. The Morgan fingerprint density at radius 3 is 2.00 bits per heavy atom. The topological polar surface area (TPSA) is 50.9 Å². The third kappa shape index (κ3) is 5.57. The fraction of sp³-hybridized carbons (Fsp3) is 0.333. The predicted molar refractivity (Wildman–Crippen MR) is 99.6 cm³/mol. The second-order valence-electron chi connectivity index (χ2n) is 3.61. The monoisotopic (exact) mass is 335 g/mol. The van der Waals surface area contributed by atoms with Crippen LogP contribution in [0.2, 0.25) is 5.02 Å². The van der Waals surface area contributed by atoms with Gasteiger partial charge in [0.15, 0.2) is 0 Å². The normalized spacial score (nSPS) is 8.83. The number of phenols is 1. The molecule has 3 rings (SSSR count). The zero-order chi connectivity index (χ0) is 17.8. The molecule has 0 atom stereocenters. The first kappa shape index (κ1) is 20.9. The van der Waals surface area contributed by atoms with Crippen molar-refractivity contribution in [3.63, 3.8) is 0 Å². The van der Waals surface area contributed by atoms with Crippen molar-refractivity contribution in [3.05, 3.63) is 47.5 Å². The zero-order valence-electron chi connectivity index (χ0n) is 14.7. The molecule has 1 heterocycles. The van der Waals surface area contributed by atoms with E-state index in [0.29, 0.717) is 16.2 Å². The summed E-state index contributed by atoms with van der Waals surface area (Å²) in [5, 5.41) is 18.9. The lowest BCUT2D eigenvalue weighted by atomic mass is 10.3. The second kappa shape index (κ2) is 11.5. The van der Waals surface area contributed by atoms with Gasteiger partial charge < -0.3 is 5.11 Å². The van der Waals surface area contributed by atoms with E-state index >= 15 is 0 Å². The number of para-hydroxylation sites is 2. The predicted octanol–water partition coefficient (Wildman–Crippen LogP) is 5.86. The quantitative estimate of drug-likeness (QED) is 0.606. The van der Waals surface area contributed by atoms with Gasteiger partial charge in [0.25, 0.3) is 0 Å². The summed E-state index contributed by atoms with van der Waals surface area (Å²) in [7, 11) is 0. The van der Waals surface area contributed by atoms with Gasteiger partial charge in [-0.2, -0.15) is 0 Å². The van der Waals surface area contributed by atoms with Gasteiger partial charge in [-0.15, -0.1) is 15.0 Å². The SMILES string of the molecule is CC.CC.CC.Oc1ccccc1-n1nc2ccc(Cl)cc2n1. The van der Waals surface area contributed by atoms with Gasteiger partial charge in [-0.05, 0) is 30.3 Å². The van der Waals surface area contributed by atoms with Crippen LogP contribution in [-0.2, 0) is 0 Å².